The first-order chi connectivity index (χ1) is 14.9. The molecule has 1 N–H and O–H groups in total. The van der Waals surface area contributed by atoms with Crippen molar-refractivity contribution in [2.75, 3.05) is 18.4 Å². The summed E-state index contributed by atoms with van der Waals surface area (Å²) in [5.41, 5.74) is 2.40. The van der Waals surface area contributed by atoms with Crippen LogP contribution in [0.2, 0.25) is 0 Å². The largest absolute Gasteiger partial charge is 0.410 e. The van der Waals surface area contributed by atoms with Crippen molar-refractivity contribution in [3.8, 4) is 0 Å². The summed E-state index contributed by atoms with van der Waals surface area (Å²) in [4.78, 5) is 14.6. The van der Waals surface area contributed by atoms with E-state index >= 15 is 0 Å². The Labute approximate surface area is 187 Å². The first-order valence-electron chi connectivity index (χ1n) is 11.2. The number of alkyl halides is 3. The molecular weight excluding hydrogens is 417 g/mol. The Hall–Kier alpha value is -2.51. The van der Waals surface area contributed by atoms with Crippen LogP contribution in [0.1, 0.15) is 62.4 Å². The molecule has 0 saturated carbocycles. The van der Waals surface area contributed by atoms with Crippen LogP contribution in [0, 0.1) is 12.3 Å². The number of carbonyl (C=O) groups excluding carboxylic acids is 1. The van der Waals surface area contributed by atoms with Gasteiger partial charge in [0.25, 0.3) is 0 Å². The van der Waals surface area contributed by atoms with Crippen LogP contribution in [0.15, 0.2) is 30.3 Å². The maximum absolute atomic E-state index is 13.8. The van der Waals surface area contributed by atoms with Crippen molar-refractivity contribution < 1.29 is 18.0 Å². The monoisotopic (exact) mass is 448 g/mol. The Bertz CT molecular complexity index is 992. The number of likely N-dealkylation sites (tertiary alicyclic amines) is 1. The zero-order valence-corrected chi connectivity index (χ0v) is 19.0. The summed E-state index contributed by atoms with van der Waals surface area (Å²) in [5, 5.41) is 7.66. The van der Waals surface area contributed by atoms with E-state index in [0.29, 0.717) is 37.4 Å². The van der Waals surface area contributed by atoms with Gasteiger partial charge in [-0.15, -0.1) is 0 Å². The number of fused-ring (bicyclic) bond motifs is 1. The SMILES string of the molecule is Cc1cccc(CC(=O)N2CCC(c3cc4n(n3)C(C(F)(F)F)CC(C(C)(C)C)N4)C2)c1. The van der Waals surface area contributed by atoms with Gasteiger partial charge in [-0.05, 0) is 30.7 Å². The van der Waals surface area contributed by atoms with Crippen LogP contribution in [0.4, 0.5) is 19.0 Å². The van der Waals surface area contributed by atoms with E-state index in [1.807, 2.05) is 52.0 Å². The number of hydrogen-bond acceptors (Lipinski definition) is 3. The van der Waals surface area contributed by atoms with Crippen LogP contribution in [0.3, 0.4) is 0 Å². The van der Waals surface area contributed by atoms with E-state index in [-0.39, 0.29) is 29.7 Å². The second-order valence-electron chi connectivity index (χ2n) is 10.2. The van der Waals surface area contributed by atoms with Gasteiger partial charge >= 0.3 is 6.18 Å². The highest BCUT2D eigenvalue weighted by molar-refractivity contribution is 5.79. The van der Waals surface area contributed by atoms with E-state index in [1.165, 1.54) is 0 Å². The molecular formula is C24H31F3N4O. The molecule has 3 atom stereocenters. The van der Waals surface area contributed by atoms with Gasteiger partial charge in [0.15, 0.2) is 6.04 Å². The number of amides is 1. The van der Waals surface area contributed by atoms with Gasteiger partial charge in [0.1, 0.15) is 5.82 Å². The van der Waals surface area contributed by atoms with Crippen LogP contribution in [-0.2, 0) is 11.2 Å². The topological polar surface area (TPSA) is 50.2 Å². The number of rotatable bonds is 3. The second kappa shape index (κ2) is 8.12. The lowest BCUT2D eigenvalue weighted by Gasteiger charge is -2.39. The maximum atomic E-state index is 13.8. The summed E-state index contributed by atoms with van der Waals surface area (Å²) in [6, 6.07) is 7.68. The van der Waals surface area contributed by atoms with Crippen molar-refractivity contribution in [2.24, 2.45) is 5.41 Å². The molecule has 174 valence electrons. The van der Waals surface area contributed by atoms with Gasteiger partial charge in [-0.3, -0.25) is 4.79 Å². The first-order valence-corrected chi connectivity index (χ1v) is 11.2. The summed E-state index contributed by atoms with van der Waals surface area (Å²) in [6.07, 6.45) is -3.38. The molecule has 1 aromatic carbocycles. The van der Waals surface area contributed by atoms with Crippen LogP contribution in [0.5, 0.6) is 0 Å². The van der Waals surface area contributed by atoms with E-state index in [4.69, 9.17) is 0 Å². The van der Waals surface area contributed by atoms with E-state index in [2.05, 4.69) is 10.4 Å². The van der Waals surface area contributed by atoms with Gasteiger partial charge < -0.3 is 10.2 Å². The predicted octanol–water partition coefficient (Wildman–Crippen LogP) is 5.08. The number of nitrogens with zero attached hydrogens (tertiary/aromatic N) is 3. The Balaban J connectivity index is 1.50. The van der Waals surface area contributed by atoms with Crippen molar-refractivity contribution in [1.82, 2.24) is 14.7 Å². The van der Waals surface area contributed by atoms with E-state index < -0.39 is 12.2 Å². The van der Waals surface area contributed by atoms with Gasteiger partial charge in [0.05, 0.1) is 12.1 Å². The summed E-state index contributed by atoms with van der Waals surface area (Å²) in [6.45, 7) is 8.91. The first kappa shape index (κ1) is 22.7. The number of hydrogen-bond donors (Lipinski definition) is 1. The lowest BCUT2D eigenvalue weighted by atomic mass is 9.82. The summed E-state index contributed by atoms with van der Waals surface area (Å²) in [7, 11) is 0. The molecule has 1 aromatic heterocycles. The molecule has 0 radical (unpaired) electrons. The molecule has 2 aliphatic heterocycles. The van der Waals surface area contributed by atoms with Gasteiger partial charge in [-0.1, -0.05) is 50.6 Å². The molecule has 3 heterocycles. The third-order valence-electron chi connectivity index (χ3n) is 6.65. The normalized spacial score (nSPS) is 23.7. The smallest absolute Gasteiger partial charge is 0.367 e. The Morgan fingerprint density at radius 2 is 1.97 bits per heavy atom. The zero-order valence-electron chi connectivity index (χ0n) is 19.0. The fourth-order valence-corrected chi connectivity index (χ4v) is 4.70. The quantitative estimate of drug-likeness (QED) is 0.712. The van der Waals surface area contributed by atoms with Crippen molar-refractivity contribution >= 4 is 11.7 Å². The fraction of sp³-hybridized carbons (Fsp3) is 0.583. The fourth-order valence-electron chi connectivity index (χ4n) is 4.70. The van der Waals surface area contributed by atoms with E-state index in [0.717, 1.165) is 15.8 Å². The second-order valence-corrected chi connectivity index (χ2v) is 10.2. The molecule has 0 spiro atoms. The highest BCUT2D eigenvalue weighted by Gasteiger charge is 2.48. The number of anilines is 1. The van der Waals surface area contributed by atoms with Gasteiger partial charge in [0, 0.05) is 31.1 Å². The van der Waals surface area contributed by atoms with Crippen LogP contribution >= 0.6 is 0 Å². The third kappa shape index (κ3) is 4.64. The van der Waals surface area contributed by atoms with Gasteiger partial charge in [-0.2, -0.15) is 18.3 Å². The minimum Gasteiger partial charge on any atom is -0.367 e. The predicted molar refractivity (Wildman–Crippen MR) is 118 cm³/mol. The number of carbonyl (C=O) groups is 1. The summed E-state index contributed by atoms with van der Waals surface area (Å²) in [5.74, 6) is 0.400. The highest BCUT2D eigenvalue weighted by atomic mass is 19.4. The lowest BCUT2D eigenvalue weighted by Crippen LogP contribution is -2.44. The summed E-state index contributed by atoms with van der Waals surface area (Å²) >= 11 is 0. The van der Waals surface area contributed by atoms with Crippen molar-refractivity contribution in [3.05, 3.63) is 47.2 Å². The van der Waals surface area contributed by atoms with Crippen LogP contribution in [0.25, 0.3) is 0 Å². The molecule has 5 nitrogen and oxygen atoms in total. The average molecular weight is 449 g/mol. The minimum absolute atomic E-state index is 0.0427. The average Bonchev–Trinajstić information content (AvgIpc) is 3.32. The molecule has 2 aromatic rings. The molecule has 8 heteroatoms. The van der Waals surface area contributed by atoms with E-state index in [1.54, 1.807) is 11.0 Å². The number of aryl methyl sites for hydroxylation is 1. The van der Waals surface area contributed by atoms with E-state index in [9.17, 15) is 18.0 Å². The van der Waals surface area contributed by atoms with Crippen LogP contribution in [-0.4, -0.2) is 45.9 Å². The highest BCUT2D eigenvalue weighted by Crippen LogP contribution is 2.44. The molecule has 32 heavy (non-hydrogen) atoms. The van der Waals surface area contributed by atoms with Crippen molar-refractivity contribution in [3.63, 3.8) is 0 Å². The van der Waals surface area contributed by atoms with Gasteiger partial charge in [0.2, 0.25) is 5.91 Å². The molecule has 1 fully saturated rings. The Morgan fingerprint density at radius 3 is 2.62 bits per heavy atom. The maximum Gasteiger partial charge on any atom is 0.410 e. The van der Waals surface area contributed by atoms with Crippen molar-refractivity contribution in [2.45, 2.75) is 71.1 Å². The Morgan fingerprint density at radius 1 is 1.22 bits per heavy atom. The molecule has 3 unspecified atom stereocenters. The molecule has 0 bridgehead atoms. The van der Waals surface area contributed by atoms with Crippen LogP contribution < -0.4 is 5.32 Å². The van der Waals surface area contributed by atoms with Crippen molar-refractivity contribution in [1.29, 1.82) is 0 Å². The lowest BCUT2D eigenvalue weighted by molar-refractivity contribution is -0.175. The molecule has 0 aliphatic carbocycles. The number of halogens is 3. The third-order valence-corrected chi connectivity index (χ3v) is 6.65. The van der Waals surface area contributed by atoms with Gasteiger partial charge in [-0.25, -0.2) is 4.68 Å². The Kier molecular flexibility index (Phi) is 5.75. The summed E-state index contributed by atoms with van der Waals surface area (Å²) < 4.78 is 42.6. The molecule has 4 rings (SSSR count). The zero-order chi connectivity index (χ0) is 23.3. The number of aromatic nitrogens is 2. The minimum atomic E-state index is -4.37. The number of benzene rings is 1. The standard InChI is InChI=1S/C24H31F3N4O/c1-15-6-5-7-16(10-15)11-22(32)30-9-8-17(14-30)18-12-21-28-19(23(2,3)4)13-20(24(25,26)27)31(21)29-18/h5-7,10,12,17,19-20,28H,8-9,11,13-14H2,1-4H3. The molecule has 2 aliphatic rings. The molecule has 1 saturated heterocycles. The number of nitrogens with one attached hydrogen (secondary N) is 1. The molecule has 1 amide bonds.